The maximum absolute atomic E-state index is 13.2. The molecule has 1 amide bonds. The standard InChI is InChI=1S/C20H20ClFN2O2/c21-18-12-16(22)2-3-17(18)20(25)24-8-6-23(7-9-24)13-14-1-4-19-15(11-14)5-10-26-19/h1-4,11-12H,5-10,13H2. The number of benzene rings is 2. The number of hydrogen-bond donors (Lipinski definition) is 0. The molecule has 4 nitrogen and oxygen atoms in total. The Morgan fingerprint density at radius 3 is 2.69 bits per heavy atom. The minimum absolute atomic E-state index is 0.135. The zero-order valence-corrected chi connectivity index (χ0v) is 15.1. The van der Waals surface area contributed by atoms with Crippen LogP contribution in [0, 0.1) is 5.82 Å². The molecule has 0 N–H and O–H groups in total. The zero-order chi connectivity index (χ0) is 18.1. The molecule has 2 heterocycles. The first-order chi connectivity index (χ1) is 12.6. The summed E-state index contributed by atoms with van der Waals surface area (Å²) in [5.74, 6) is 0.431. The third-order valence-electron chi connectivity index (χ3n) is 4.98. The predicted octanol–water partition coefficient (Wildman–Crippen LogP) is 3.37. The van der Waals surface area contributed by atoms with Crippen molar-refractivity contribution in [2.24, 2.45) is 0 Å². The first-order valence-electron chi connectivity index (χ1n) is 8.81. The largest absolute Gasteiger partial charge is 0.493 e. The molecule has 0 saturated carbocycles. The summed E-state index contributed by atoms with van der Waals surface area (Å²) in [7, 11) is 0. The lowest BCUT2D eigenvalue weighted by atomic mass is 10.1. The van der Waals surface area contributed by atoms with Gasteiger partial charge >= 0.3 is 0 Å². The van der Waals surface area contributed by atoms with Crippen LogP contribution in [0.4, 0.5) is 4.39 Å². The Morgan fingerprint density at radius 1 is 1.12 bits per heavy atom. The SMILES string of the molecule is O=C(c1ccc(F)cc1Cl)N1CCN(Cc2ccc3c(c2)CCO3)CC1. The molecule has 0 spiro atoms. The fourth-order valence-electron chi connectivity index (χ4n) is 3.54. The van der Waals surface area contributed by atoms with Crippen LogP contribution in [-0.2, 0) is 13.0 Å². The van der Waals surface area contributed by atoms with E-state index in [1.165, 1.54) is 29.3 Å². The van der Waals surface area contributed by atoms with Gasteiger partial charge in [-0.25, -0.2) is 4.39 Å². The average molecular weight is 375 g/mol. The van der Waals surface area contributed by atoms with E-state index in [0.717, 1.165) is 38.4 Å². The van der Waals surface area contributed by atoms with Crippen LogP contribution in [0.5, 0.6) is 5.75 Å². The van der Waals surface area contributed by atoms with Gasteiger partial charge < -0.3 is 9.64 Å². The van der Waals surface area contributed by atoms with Gasteiger partial charge in [-0.05, 0) is 35.4 Å². The number of nitrogens with zero attached hydrogens (tertiary/aromatic N) is 2. The number of carbonyl (C=O) groups is 1. The third kappa shape index (κ3) is 3.55. The normalized spacial score (nSPS) is 17.1. The molecule has 1 saturated heterocycles. The van der Waals surface area contributed by atoms with E-state index in [1.54, 1.807) is 4.90 Å². The van der Waals surface area contributed by atoms with E-state index in [2.05, 4.69) is 17.0 Å². The monoisotopic (exact) mass is 374 g/mol. The van der Waals surface area contributed by atoms with Gasteiger partial charge in [-0.1, -0.05) is 23.7 Å². The molecule has 2 aromatic rings. The molecular formula is C20H20ClFN2O2. The van der Waals surface area contributed by atoms with Gasteiger partial charge in [0.2, 0.25) is 0 Å². The fourth-order valence-corrected chi connectivity index (χ4v) is 3.79. The van der Waals surface area contributed by atoms with Gasteiger partial charge in [0.05, 0.1) is 17.2 Å². The summed E-state index contributed by atoms with van der Waals surface area (Å²) >= 11 is 6.02. The molecule has 0 aliphatic carbocycles. The summed E-state index contributed by atoms with van der Waals surface area (Å²) in [6, 6.07) is 10.3. The molecule has 0 aromatic heterocycles. The van der Waals surface area contributed by atoms with Crippen molar-refractivity contribution in [2.75, 3.05) is 32.8 Å². The summed E-state index contributed by atoms with van der Waals surface area (Å²) in [4.78, 5) is 16.7. The lowest BCUT2D eigenvalue weighted by molar-refractivity contribution is 0.0628. The Hall–Kier alpha value is -2.11. The Morgan fingerprint density at radius 2 is 1.92 bits per heavy atom. The smallest absolute Gasteiger partial charge is 0.255 e. The Kier molecular flexibility index (Phi) is 4.83. The van der Waals surface area contributed by atoms with Crippen LogP contribution in [0.2, 0.25) is 5.02 Å². The second-order valence-corrected chi connectivity index (χ2v) is 7.14. The van der Waals surface area contributed by atoms with Gasteiger partial charge in [-0.2, -0.15) is 0 Å². The van der Waals surface area contributed by atoms with Crippen molar-refractivity contribution in [3.63, 3.8) is 0 Å². The highest BCUT2D eigenvalue weighted by Crippen LogP contribution is 2.26. The first-order valence-corrected chi connectivity index (χ1v) is 9.19. The van der Waals surface area contributed by atoms with Crippen LogP contribution in [-0.4, -0.2) is 48.5 Å². The molecule has 136 valence electrons. The molecule has 26 heavy (non-hydrogen) atoms. The van der Waals surface area contributed by atoms with Crippen molar-refractivity contribution in [1.82, 2.24) is 9.80 Å². The van der Waals surface area contributed by atoms with Crippen LogP contribution in [0.25, 0.3) is 0 Å². The lowest BCUT2D eigenvalue weighted by Gasteiger charge is -2.35. The van der Waals surface area contributed by atoms with E-state index in [9.17, 15) is 9.18 Å². The topological polar surface area (TPSA) is 32.8 Å². The Labute approximate surface area is 157 Å². The fraction of sp³-hybridized carbons (Fsp3) is 0.350. The molecule has 0 atom stereocenters. The summed E-state index contributed by atoms with van der Waals surface area (Å²) in [6.07, 6.45) is 0.976. The van der Waals surface area contributed by atoms with Crippen molar-refractivity contribution < 1.29 is 13.9 Å². The van der Waals surface area contributed by atoms with Crippen molar-refractivity contribution in [2.45, 2.75) is 13.0 Å². The minimum atomic E-state index is -0.434. The molecule has 0 unspecified atom stereocenters. The number of fused-ring (bicyclic) bond motifs is 1. The molecule has 1 fully saturated rings. The molecule has 6 heteroatoms. The highest BCUT2D eigenvalue weighted by atomic mass is 35.5. The number of amides is 1. The zero-order valence-electron chi connectivity index (χ0n) is 14.4. The summed E-state index contributed by atoms with van der Waals surface area (Å²) in [5.41, 5.74) is 2.91. The number of ether oxygens (including phenoxy) is 1. The first kappa shape index (κ1) is 17.3. The van der Waals surface area contributed by atoms with Crippen molar-refractivity contribution >= 4 is 17.5 Å². The maximum Gasteiger partial charge on any atom is 0.255 e. The molecule has 0 bridgehead atoms. The predicted molar refractivity (Wildman–Crippen MR) is 98.2 cm³/mol. The van der Waals surface area contributed by atoms with Crippen LogP contribution in [0.3, 0.4) is 0 Å². The second kappa shape index (κ2) is 7.25. The number of carbonyl (C=O) groups excluding carboxylic acids is 1. The van der Waals surface area contributed by atoms with E-state index in [1.807, 2.05) is 6.07 Å². The lowest BCUT2D eigenvalue weighted by Crippen LogP contribution is -2.48. The van der Waals surface area contributed by atoms with Gasteiger partial charge in [-0.3, -0.25) is 9.69 Å². The molecule has 2 aromatic carbocycles. The summed E-state index contributed by atoms with van der Waals surface area (Å²) in [5, 5.41) is 0.165. The molecule has 2 aliphatic heterocycles. The summed E-state index contributed by atoms with van der Waals surface area (Å²) in [6.45, 7) is 4.52. The summed E-state index contributed by atoms with van der Waals surface area (Å²) < 4.78 is 18.7. The van der Waals surface area contributed by atoms with E-state index in [-0.39, 0.29) is 10.9 Å². The second-order valence-electron chi connectivity index (χ2n) is 6.73. The van der Waals surface area contributed by atoms with Gasteiger partial charge in [0.1, 0.15) is 11.6 Å². The van der Waals surface area contributed by atoms with E-state index < -0.39 is 5.82 Å². The molecule has 0 radical (unpaired) electrons. The van der Waals surface area contributed by atoms with E-state index in [0.29, 0.717) is 18.7 Å². The van der Waals surface area contributed by atoms with Gasteiger partial charge in [0, 0.05) is 39.1 Å². The maximum atomic E-state index is 13.2. The molecular weight excluding hydrogens is 355 g/mol. The highest BCUT2D eigenvalue weighted by Gasteiger charge is 2.24. The molecule has 4 rings (SSSR count). The number of halogens is 2. The van der Waals surface area contributed by atoms with Crippen LogP contribution in [0.1, 0.15) is 21.5 Å². The number of hydrogen-bond acceptors (Lipinski definition) is 3. The van der Waals surface area contributed by atoms with Crippen LogP contribution in [0.15, 0.2) is 36.4 Å². The Balaban J connectivity index is 1.36. The number of piperazine rings is 1. The molecule has 2 aliphatic rings. The Bertz CT molecular complexity index is 835. The van der Waals surface area contributed by atoms with Crippen molar-refractivity contribution in [1.29, 1.82) is 0 Å². The van der Waals surface area contributed by atoms with Gasteiger partial charge in [0.15, 0.2) is 0 Å². The minimum Gasteiger partial charge on any atom is -0.493 e. The van der Waals surface area contributed by atoms with Crippen LogP contribution >= 0.6 is 11.6 Å². The third-order valence-corrected chi connectivity index (χ3v) is 5.29. The number of rotatable bonds is 3. The van der Waals surface area contributed by atoms with Gasteiger partial charge in [-0.15, -0.1) is 0 Å². The van der Waals surface area contributed by atoms with Crippen molar-refractivity contribution in [3.8, 4) is 5.75 Å². The highest BCUT2D eigenvalue weighted by molar-refractivity contribution is 6.33. The van der Waals surface area contributed by atoms with E-state index in [4.69, 9.17) is 16.3 Å². The van der Waals surface area contributed by atoms with Gasteiger partial charge in [0.25, 0.3) is 5.91 Å². The quantitative estimate of drug-likeness (QED) is 0.825. The van der Waals surface area contributed by atoms with Crippen LogP contribution < -0.4 is 4.74 Å². The average Bonchev–Trinajstić information content (AvgIpc) is 3.10. The van der Waals surface area contributed by atoms with Crippen molar-refractivity contribution in [3.05, 3.63) is 63.9 Å². The van der Waals surface area contributed by atoms with E-state index >= 15 is 0 Å².